The molecular weight excluding hydrogens is 311 g/mol. The van der Waals surface area contributed by atoms with E-state index in [9.17, 15) is 9.18 Å². The Morgan fingerprint density at radius 1 is 1.26 bits per heavy atom. The number of aryl methyl sites for hydroxylation is 1. The van der Waals surface area contributed by atoms with E-state index in [-0.39, 0.29) is 11.3 Å². The average Bonchev–Trinajstić information content (AvgIpc) is 2.31. The average molecular weight is 323 g/mol. The Bertz CT molecular complexity index is 623. The SMILES string of the molecule is Cc1cc(Br)ccc1NC(=O)c1cc(N)cc(F)c1. The van der Waals surface area contributed by atoms with E-state index in [0.29, 0.717) is 5.69 Å². The fourth-order valence-corrected chi connectivity index (χ4v) is 2.18. The normalized spacial score (nSPS) is 10.3. The standard InChI is InChI=1S/C14H12BrFN2O/c1-8-4-10(15)2-3-13(8)18-14(19)9-5-11(16)7-12(17)6-9/h2-7H,17H2,1H3,(H,18,19). The maximum Gasteiger partial charge on any atom is 0.255 e. The van der Waals surface area contributed by atoms with Crippen LogP contribution in [0.2, 0.25) is 0 Å². The Kier molecular flexibility index (Phi) is 3.85. The second-order valence-electron chi connectivity index (χ2n) is 4.19. The number of nitrogen functional groups attached to an aromatic ring is 1. The van der Waals surface area contributed by atoms with Crippen molar-refractivity contribution in [1.29, 1.82) is 0 Å². The van der Waals surface area contributed by atoms with E-state index in [1.54, 1.807) is 6.07 Å². The second-order valence-corrected chi connectivity index (χ2v) is 5.10. The number of nitrogens with one attached hydrogen (secondary N) is 1. The van der Waals surface area contributed by atoms with Gasteiger partial charge in [0.15, 0.2) is 0 Å². The summed E-state index contributed by atoms with van der Waals surface area (Å²) >= 11 is 3.35. The Hall–Kier alpha value is -1.88. The highest BCUT2D eigenvalue weighted by molar-refractivity contribution is 9.10. The van der Waals surface area contributed by atoms with Crippen LogP contribution in [0.25, 0.3) is 0 Å². The Balaban J connectivity index is 2.25. The molecule has 0 bridgehead atoms. The lowest BCUT2D eigenvalue weighted by atomic mass is 10.1. The highest BCUT2D eigenvalue weighted by Crippen LogP contribution is 2.21. The van der Waals surface area contributed by atoms with Crippen LogP contribution in [0.3, 0.4) is 0 Å². The van der Waals surface area contributed by atoms with E-state index in [4.69, 9.17) is 5.73 Å². The van der Waals surface area contributed by atoms with Crippen LogP contribution < -0.4 is 11.1 Å². The van der Waals surface area contributed by atoms with Crippen LogP contribution in [0.1, 0.15) is 15.9 Å². The summed E-state index contributed by atoms with van der Waals surface area (Å²) in [5, 5.41) is 2.73. The first kappa shape index (κ1) is 13.5. The molecule has 2 aromatic carbocycles. The first-order chi connectivity index (χ1) is 8.95. The zero-order valence-corrected chi connectivity index (χ0v) is 11.8. The Morgan fingerprint density at radius 3 is 2.63 bits per heavy atom. The first-order valence-electron chi connectivity index (χ1n) is 5.59. The first-order valence-corrected chi connectivity index (χ1v) is 6.38. The lowest BCUT2D eigenvalue weighted by Gasteiger charge is -2.09. The summed E-state index contributed by atoms with van der Waals surface area (Å²) in [6.45, 7) is 1.88. The minimum absolute atomic E-state index is 0.194. The van der Waals surface area contributed by atoms with Gasteiger partial charge >= 0.3 is 0 Å². The van der Waals surface area contributed by atoms with Gasteiger partial charge < -0.3 is 11.1 Å². The number of carbonyl (C=O) groups is 1. The third kappa shape index (κ3) is 3.32. The summed E-state index contributed by atoms with van der Waals surface area (Å²) in [6.07, 6.45) is 0. The van der Waals surface area contributed by atoms with Crippen LogP contribution in [-0.2, 0) is 0 Å². The van der Waals surface area contributed by atoms with E-state index >= 15 is 0 Å². The molecule has 5 heteroatoms. The van der Waals surface area contributed by atoms with Gasteiger partial charge in [0.1, 0.15) is 5.82 Å². The van der Waals surface area contributed by atoms with Crippen LogP contribution in [0, 0.1) is 12.7 Å². The summed E-state index contributed by atoms with van der Waals surface area (Å²) in [7, 11) is 0. The van der Waals surface area contributed by atoms with E-state index in [1.807, 2.05) is 19.1 Å². The maximum atomic E-state index is 13.2. The number of carbonyl (C=O) groups excluding carboxylic acids is 1. The molecule has 19 heavy (non-hydrogen) atoms. The predicted octanol–water partition coefficient (Wildman–Crippen LogP) is 3.73. The molecule has 0 spiro atoms. The number of amides is 1. The van der Waals surface area contributed by atoms with Crippen molar-refractivity contribution in [1.82, 2.24) is 0 Å². The van der Waals surface area contributed by atoms with Crippen molar-refractivity contribution >= 4 is 33.2 Å². The number of nitrogens with two attached hydrogens (primary N) is 1. The number of benzene rings is 2. The number of anilines is 2. The minimum atomic E-state index is -0.530. The number of hydrogen-bond donors (Lipinski definition) is 2. The maximum absolute atomic E-state index is 13.2. The highest BCUT2D eigenvalue weighted by Gasteiger charge is 2.10. The summed E-state index contributed by atoms with van der Waals surface area (Å²) in [5.74, 6) is -0.922. The van der Waals surface area contributed by atoms with Gasteiger partial charge in [0.05, 0.1) is 0 Å². The van der Waals surface area contributed by atoms with Gasteiger partial charge in [0.25, 0.3) is 5.91 Å². The minimum Gasteiger partial charge on any atom is -0.399 e. The monoisotopic (exact) mass is 322 g/mol. The lowest BCUT2D eigenvalue weighted by Crippen LogP contribution is -2.13. The quantitative estimate of drug-likeness (QED) is 0.828. The zero-order valence-electron chi connectivity index (χ0n) is 10.2. The fourth-order valence-electron chi connectivity index (χ4n) is 1.71. The van der Waals surface area contributed by atoms with Gasteiger partial charge in [-0.2, -0.15) is 0 Å². The van der Waals surface area contributed by atoms with Crippen molar-refractivity contribution in [2.45, 2.75) is 6.92 Å². The van der Waals surface area contributed by atoms with Crippen LogP contribution in [0.4, 0.5) is 15.8 Å². The second kappa shape index (κ2) is 5.40. The van der Waals surface area contributed by atoms with Crippen LogP contribution >= 0.6 is 15.9 Å². The fraction of sp³-hybridized carbons (Fsp3) is 0.0714. The van der Waals surface area contributed by atoms with Crippen LogP contribution in [0.5, 0.6) is 0 Å². The summed E-state index contributed by atoms with van der Waals surface area (Å²) in [4.78, 5) is 12.0. The largest absolute Gasteiger partial charge is 0.399 e. The molecule has 3 nitrogen and oxygen atoms in total. The molecule has 1 amide bonds. The van der Waals surface area contributed by atoms with Gasteiger partial charge in [0, 0.05) is 21.4 Å². The van der Waals surface area contributed by atoms with Crippen LogP contribution in [-0.4, -0.2) is 5.91 Å². The number of hydrogen-bond acceptors (Lipinski definition) is 2. The number of rotatable bonds is 2. The lowest BCUT2D eigenvalue weighted by molar-refractivity contribution is 0.102. The Morgan fingerprint density at radius 2 is 2.00 bits per heavy atom. The van der Waals surface area contributed by atoms with Crippen molar-refractivity contribution in [3.8, 4) is 0 Å². The molecule has 0 heterocycles. The van der Waals surface area contributed by atoms with Gasteiger partial charge in [-0.1, -0.05) is 15.9 Å². The molecule has 0 saturated carbocycles. The molecule has 0 saturated heterocycles. The molecule has 3 N–H and O–H groups in total. The van der Waals surface area contributed by atoms with Gasteiger partial charge in [-0.3, -0.25) is 4.79 Å². The number of halogens is 2. The third-order valence-corrected chi connectivity index (χ3v) is 3.11. The molecule has 2 aromatic rings. The molecular formula is C14H12BrFN2O. The highest BCUT2D eigenvalue weighted by atomic mass is 79.9. The molecule has 0 fully saturated rings. The summed E-state index contributed by atoms with van der Waals surface area (Å²) in [5.41, 5.74) is 7.51. The molecule has 98 valence electrons. The van der Waals surface area contributed by atoms with Gasteiger partial charge in [-0.15, -0.1) is 0 Å². The molecule has 0 atom stereocenters. The van der Waals surface area contributed by atoms with Gasteiger partial charge in [0.2, 0.25) is 0 Å². The van der Waals surface area contributed by atoms with Crippen molar-refractivity contribution < 1.29 is 9.18 Å². The van der Waals surface area contributed by atoms with Crippen molar-refractivity contribution in [2.75, 3.05) is 11.1 Å². The predicted molar refractivity (Wildman–Crippen MR) is 77.6 cm³/mol. The van der Waals surface area contributed by atoms with E-state index in [1.165, 1.54) is 12.1 Å². The van der Waals surface area contributed by atoms with E-state index < -0.39 is 11.7 Å². The molecule has 2 rings (SSSR count). The topological polar surface area (TPSA) is 55.1 Å². The molecule has 0 unspecified atom stereocenters. The third-order valence-electron chi connectivity index (χ3n) is 2.62. The van der Waals surface area contributed by atoms with Gasteiger partial charge in [-0.05, 0) is 48.9 Å². The van der Waals surface area contributed by atoms with Crippen molar-refractivity contribution in [3.63, 3.8) is 0 Å². The summed E-state index contributed by atoms with van der Waals surface area (Å²) in [6, 6.07) is 9.24. The zero-order chi connectivity index (χ0) is 14.0. The van der Waals surface area contributed by atoms with Crippen molar-refractivity contribution in [3.05, 3.63) is 57.8 Å². The Labute approximate surface area is 118 Å². The molecule has 0 aliphatic rings. The smallest absolute Gasteiger partial charge is 0.255 e. The van der Waals surface area contributed by atoms with E-state index in [0.717, 1.165) is 16.1 Å². The summed E-state index contributed by atoms with van der Waals surface area (Å²) < 4.78 is 14.1. The van der Waals surface area contributed by atoms with Crippen molar-refractivity contribution in [2.24, 2.45) is 0 Å². The molecule has 0 radical (unpaired) electrons. The molecule has 0 aliphatic heterocycles. The van der Waals surface area contributed by atoms with E-state index in [2.05, 4.69) is 21.2 Å². The van der Waals surface area contributed by atoms with Crippen LogP contribution in [0.15, 0.2) is 40.9 Å². The molecule has 0 aromatic heterocycles. The van der Waals surface area contributed by atoms with Gasteiger partial charge in [-0.25, -0.2) is 4.39 Å². The molecule has 0 aliphatic carbocycles.